The van der Waals surface area contributed by atoms with Crippen LogP contribution in [0.3, 0.4) is 0 Å². The molecule has 0 saturated carbocycles. The van der Waals surface area contributed by atoms with Gasteiger partial charge < -0.3 is 88.8 Å². The Morgan fingerprint density at radius 1 is 0.647 bits per heavy atom. The van der Waals surface area contributed by atoms with Crippen LogP contribution in [-0.2, 0) is 89.9 Å². The van der Waals surface area contributed by atoms with Gasteiger partial charge >= 0.3 is 5.97 Å². The van der Waals surface area contributed by atoms with E-state index in [0.717, 1.165) is 17.2 Å². The molecule has 33 heteroatoms. The Labute approximate surface area is 592 Å². The molecule has 10 amide bonds. The Kier molecular flexibility index (Phi) is 26.8. The number of methoxy groups -OCH3 is 1. The monoisotopic (exact) mass is 1450 g/mol. The lowest BCUT2D eigenvalue weighted by atomic mass is 10.0. The molecule has 29 nitrogen and oxygen atoms in total. The fraction of sp³-hybridized carbons (Fsp3) is 0.391. The van der Waals surface area contributed by atoms with Gasteiger partial charge in [0.15, 0.2) is 0 Å². The van der Waals surface area contributed by atoms with Crippen LogP contribution in [-0.4, -0.2) is 187 Å². The maximum Gasteiger partial charge on any atom is 0.305 e. The number of aromatic amines is 3. The van der Waals surface area contributed by atoms with E-state index in [4.69, 9.17) is 16.2 Å². The number of rotatable bonds is 16. The number of amides is 10. The van der Waals surface area contributed by atoms with Crippen LogP contribution in [0.2, 0.25) is 0 Å². The standard InChI is InChI=1S/C69H81F2N15O14S2/c1-100-46-20-38-19-39(21-46)34-102-35-57(62(73)92)85-68(98)58-6-4-17-86(58)69(99)56(22-37-7-11-45(87)12-8-37)84-66(96)54(27-44-31-74-36-78-44)82-67(97)55(28-61(90)91)83-65(95)53(24-41-30-76-50-14-10-43(71)26-48(41)50)81-64(94)52(23-40-29-75-49-13-9-42(70)25-47(40)49)80-60(89)32-77-63(93)51(5-2-3-16-72)79-59(88)15-18-101-33-38/h7-14,19-21,25-26,29-31,36,51-58,75-76,87H,2-6,15-18,22-24,27-28,32-35,72H2,1H3,(H2,73,92)(H,74,78)(H,77,93)(H,79,88)(H,80,89)(H,81,94)(H,82,97)(H,83,95)(H,84,96)(H,85,98)(H,90,91)/t51-,52-,53-,54-,55-,56-,57-,58-/m0/s1. The first-order chi connectivity index (χ1) is 49.0. The number of nitrogens with one attached hydrogen (secondary N) is 11. The van der Waals surface area contributed by atoms with Crippen molar-refractivity contribution in [2.24, 2.45) is 11.5 Å². The highest BCUT2D eigenvalue weighted by Crippen LogP contribution is 2.28. The summed E-state index contributed by atoms with van der Waals surface area (Å²) in [6, 6.07) is 6.66. The smallest absolute Gasteiger partial charge is 0.305 e. The number of H-pyrrole nitrogens is 3. The normalized spacial score (nSPS) is 21.8. The molecule has 2 aliphatic rings. The number of fused-ring (bicyclic) bond motifs is 5. The zero-order valence-electron chi connectivity index (χ0n) is 55.6. The number of carboxylic acid groups (broad SMARTS) is 1. The van der Waals surface area contributed by atoms with Crippen molar-refractivity contribution in [3.8, 4) is 11.5 Å². The maximum absolute atomic E-state index is 15.1. The summed E-state index contributed by atoms with van der Waals surface area (Å²) in [5.74, 6) is -10.4. The highest BCUT2D eigenvalue weighted by atomic mass is 32.2. The molecule has 0 radical (unpaired) electrons. The predicted octanol–water partition coefficient (Wildman–Crippen LogP) is 1.80. The number of nitrogens with two attached hydrogens (primary N) is 2. The van der Waals surface area contributed by atoms with Gasteiger partial charge in [0, 0.05) is 108 Å². The van der Waals surface area contributed by atoms with Gasteiger partial charge in [-0.05, 0) is 127 Å². The molecule has 8 atom stereocenters. The molecule has 3 aromatic heterocycles. The number of hydrogen-bond acceptors (Lipinski definition) is 17. The number of benzene rings is 4. The number of carbonyl (C=O) groups excluding carboxylic acids is 10. The van der Waals surface area contributed by atoms with Gasteiger partial charge in [0.1, 0.15) is 71.5 Å². The Balaban J connectivity index is 1.06. The number of primary amides is 1. The van der Waals surface area contributed by atoms with Gasteiger partial charge in [-0.2, -0.15) is 23.5 Å². The van der Waals surface area contributed by atoms with Crippen LogP contribution in [0.1, 0.15) is 78.5 Å². The van der Waals surface area contributed by atoms with Crippen molar-refractivity contribution in [3.05, 3.63) is 149 Å². The van der Waals surface area contributed by atoms with Gasteiger partial charge in [0.05, 0.1) is 26.4 Å². The second-order valence-corrected chi connectivity index (χ2v) is 26.9. The molecule has 2 aliphatic heterocycles. The van der Waals surface area contributed by atoms with Crippen LogP contribution in [0, 0.1) is 11.6 Å². The van der Waals surface area contributed by atoms with Gasteiger partial charge in [-0.1, -0.05) is 18.2 Å². The molecule has 1 fully saturated rings. The lowest BCUT2D eigenvalue weighted by Gasteiger charge is -2.31. The fourth-order valence-corrected chi connectivity index (χ4v) is 13.9. The fourth-order valence-electron chi connectivity index (χ4n) is 12.1. The highest BCUT2D eigenvalue weighted by molar-refractivity contribution is 7.98. The van der Waals surface area contributed by atoms with E-state index in [-0.39, 0.29) is 79.8 Å². The molecule has 9 rings (SSSR count). The summed E-state index contributed by atoms with van der Waals surface area (Å²) < 4.78 is 35.4. The van der Waals surface area contributed by atoms with Crippen molar-refractivity contribution in [3.63, 3.8) is 0 Å². The average molecular weight is 1450 g/mol. The molecule has 0 spiro atoms. The number of hydrogen-bond donors (Lipinski definition) is 15. The van der Waals surface area contributed by atoms with Gasteiger partial charge in [0.2, 0.25) is 59.1 Å². The van der Waals surface area contributed by atoms with Crippen molar-refractivity contribution >= 4 is 110 Å². The summed E-state index contributed by atoms with van der Waals surface area (Å²) in [6.07, 6.45) is 4.38. The molecular weight excluding hydrogens is 1360 g/mol. The van der Waals surface area contributed by atoms with E-state index in [0.29, 0.717) is 69.8 Å². The summed E-state index contributed by atoms with van der Waals surface area (Å²) in [5, 5.41) is 42.0. The zero-order chi connectivity index (χ0) is 73.0. The lowest BCUT2D eigenvalue weighted by molar-refractivity contribution is -0.143. The first-order valence-electron chi connectivity index (χ1n) is 33.0. The number of nitrogens with zero attached hydrogens (tertiary/aromatic N) is 2. The topological polar surface area (TPSA) is 449 Å². The van der Waals surface area contributed by atoms with Gasteiger partial charge in [0.25, 0.3) is 0 Å². The number of imidazole rings is 1. The second kappa shape index (κ2) is 36.2. The van der Waals surface area contributed by atoms with Crippen molar-refractivity contribution in [1.82, 2.24) is 67.4 Å². The first kappa shape index (κ1) is 75.7. The lowest BCUT2D eigenvalue weighted by Crippen LogP contribution is -2.61. The number of thioether (sulfide) groups is 2. The van der Waals surface area contributed by atoms with Gasteiger partial charge in [-0.15, -0.1) is 0 Å². The second-order valence-electron chi connectivity index (χ2n) is 24.8. The molecule has 102 heavy (non-hydrogen) atoms. The summed E-state index contributed by atoms with van der Waals surface area (Å²) >= 11 is 2.71. The van der Waals surface area contributed by atoms with Crippen LogP contribution >= 0.6 is 23.5 Å². The van der Waals surface area contributed by atoms with Crippen LogP contribution in [0.5, 0.6) is 11.5 Å². The molecule has 0 aliphatic carbocycles. The Morgan fingerprint density at radius 3 is 1.83 bits per heavy atom. The van der Waals surface area contributed by atoms with Crippen LogP contribution in [0.4, 0.5) is 8.78 Å². The number of carbonyl (C=O) groups is 11. The molecule has 2 bridgehead atoms. The quantitative estimate of drug-likeness (QED) is 0.0613. The third-order valence-electron chi connectivity index (χ3n) is 17.3. The van der Waals surface area contributed by atoms with E-state index in [1.807, 2.05) is 12.1 Å². The minimum absolute atomic E-state index is 0.0120. The molecule has 0 unspecified atom stereocenters. The third-order valence-corrected chi connectivity index (χ3v) is 19.4. The number of halogens is 2. The number of ether oxygens (including phenoxy) is 1. The number of aromatic nitrogens is 4. The average Bonchev–Trinajstić information content (AvgIpc) is 1.63. The SMILES string of the molecule is COc1cc2cc(c1)CSC[C@@H](C(N)=O)NC(=O)[C@@H]1CCCN1C(=O)[C@H](Cc1ccc(O)cc1)NC(=O)[C@H](Cc1cnc[nH]1)NC(=O)[C@H](CC(=O)O)NC(=O)[C@H](Cc1c[nH]c3ccc(F)cc13)NC(=O)[C@H](Cc1c[nH]c3ccc(F)cc13)NC(=O)CNC(=O)[C@H](CCCCN)NC(=O)CCSC2. The Bertz CT molecular complexity index is 4180. The number of unbranched alkanes of at least 4 members (excludes halogenated alkanes) is 1. The Morgan fingerprint density at radius 2 is 1.24 bits per heavy atom. The van der Waals surface area contributed by atoms with Crippen LogP contribution in [0.25, 0.3) is 21.8 Å². The van der Waals surface area contributed by atoms with Crippen molar-refractivity contribution < 1.29 is 76.5 Å². The molecule has 5 heterocycles. The number of aromatic hydroxyl groups is 1. The number of aliphatic carboxylic acids is 1. The van der Waals surface area contributed by atoms with Crippen molar-refractivity contribution in [2.75, 3.05) is 38.2 Å². The Hall–Kier alpha value is -10.5. The molecular formula is C69H81F2N15O14S2. The molecule has 1 saturated heterocycles. The number of phenols is 1. The first-order valence-corrected chi connectivity index (χ1v) is 35.3. The molecule has 7 aromatic rings. The summed E-state index contributed by atoms with van der Waals surface area (Å²) in [6.45, 7) is -0.441. The minimum Gasteiger partial charge on any atom is -0.508 e. The van der Waals surface area contributed by atoms with E-state index in [2.05, 4.69) is 62.5 Å². The zero-order valence-corrected chi connectivity index (χ0v) is 57.2. The number of carboxylic acids is 1. The van der Waals surface area contributed by atoms with Gasteiger partial charge in [-0.25, -0.2) is 13.8 Å². The largest absolute Gasteiger partial charge is 0.508 e. The number of phenolic OH excluding ortho intramolecular Hbond substituents is 1. The van der Waals surface area contributed by atoms with E-state index >= 15 is 14.4 Å². The van der Waals surface area contributed by atoms with Crippen molar-refractivity contribution in [1.29, 1.82) is 0 Å². The summed E-state index contributed by atoms with van der Waals surface area (Å²) in [5.41, 5.74) is 15.4. The van der Waals surface area contributed by atoms with Crippen molar-refractivity contribution in [2.45, 2.75) is 130 Å². The molecule has 4 aromatic carbocycles. The van der Waals surface area contributed by atoms with Crippen LogP contribution in [0.15, 0.2) is 104 Å². The van der Waals surface area contributed by atoms with E-state index in [1.54, 1.807) is 6.07 Å². The van der Waals surface area contributed by atoms with E-state index in [1.165, 1.54) is 115 Å². The third kappa shape index (κ3) is 21.3. The summed E-state index contributed by atoms with van der Waals surface area (Å²) in [7, 11) is 1.50. The minimum atomic E-state index is -2.05. The molecule has 542 valence electrons. The van der Waals surface area contributed by atoms with E-state index < -0.39 is 144 Å². The van der Waals surface area contributed by atoms with Gasteiger partial charge in [-0.3, -0.25) is 52.7 Å². The summed E-state index contributed by atoms with van der Waals surface area (Å²) in [4.78, 5) is 171. The predicted molar refractivity (Wildman–Crippen MR) is 374 cm³/mol. The van der Waals surface area contributed by atoms with Crippen LogP contribution < -0.4 is 58.7 Å². The molecule has 17 N–H and O–H groups in total. The highest BCUT2D eigenvalue weighted by Gasteiger charge is 2.41. The maximum atomic E-state index is 15.1. The van der Waals surface area contributed by atoms with E-state index in [9.17, 15) is 57.4 Å².